The Morgan fingerprint density at radius 1 is 1.31 bits per heavy atom. The number of aromatic nitrogens is 1. The summed E-state index contributed by atoms with van der Waals surface area (Å²) in [6, 6.07) is 7.13. The Bertz CT molecular complexity index is 800. The molecule has 0 saturated carbocycles. The van der Waals surface area contributed by atoms with Gasteiger partial charge in [-0.25, -0.2) is 4.79 Å². The Labute approximate surface area is 156 Å². The highest BCUT2D eigenvalue weighted by atomic mass is 32.2. The monoisotopic (exact) mass is 374 g/mol. The fourth-order valence-electron chi connectivity index (χ4n) is 3.45. The molecule has 1 aromatic heterocycles. The summed E-state index contributed by atoms with van der Waals surface area (Å²) in [6.07, 6.45) is 4.79. The molecule has 26 heavy (non-hydrogen) atoms. The van der Waals surface area contributed by atoms with Crippen molar-refractivity contribution in [3.63, 3.8) is 0 Å². The smallest absolute Gasteiger partial charge is 0.329 e. The van der Waals surface area contributed by atoms with E-state index in [0.717, 1.165) is 36.8 Å². The van der Waals surface area contributed by atoms with Crippen molar-refractivity contribution in [2.45, 2.75) is 31.4 Å². The van der Waals surface area contributed by atoms with E-state index in [1.54, 1.807) is 22.9 Å². The Morgan fingerprint density at radius 2 is 2.19 bits per heavy atom. The standard InChI is InChI=1S/C19H22N2O4S/c22-18(15-9-20-16-7-2-1-6-14(15)16)21-12-26-11-17(21)19(23)25-10-13-5-3-4-8-24-13/h1-2,6-7,9,13,17,20H,3-5,8,10-12H2. The predicted octanol–water partition coefficient (Wildman–Crippen LogP) is 2.80. The highest BCUT2D eigenvalue weighted by molar-refractivity contribution is 7.99. The van der Waals surface area contributed by atoms with Crippen LogP contribution in [0.5, 0.6) is 0 Å². The van der Waals surface area contributed by atoms with Gasteiger partial charge < -0.3 is 19.4 Å². The van der Waals surface area contributed by atoms with Crippen LogP contribution in [-0.2, 0) is 14.3 Å². The maximum Gasteiger partial charge on any atom is 0.329 e. The third-order valence-corrected chi connectivity index (χ3v) is 5.93. The van der Waals surface area contributed by atoms with Crippen molar-refractivity contribution < 1.29 is 19.1 Å². The molecule has 2 fully saturated rings. The zero-order chi connectivity index (χ0) is 17.9. The van der Waals surface area contributed by atoms with Crippen LogP contribution in [0.25, 0.3) is 10.9 Å². The largest absolute Gasteiger partial charge is 0.461 e. The molecule has 1 amide bonds. The van der Waals surface area contributed by atoms with Gasteiger partial charge in [-0.2, -0.15) is 0 Å². The molecule has 0 aliphatic carbocycles. The van der Waals surface area contributed by atoms with Crippen LogP contribution in [0.1, 0.15) is 29.6 Å². The van der Waals surface area contributed by atoms with Crippen LogP contribution < -0.4 is 0 Å². The number of H-pyrrole nitrogens is 1. The van der Waals surface area contributed by atoms with E-state index in [9.17, 15) is 9.59 Å². The SMILES string of the molecule is O=C(OCC1CCCCO1)C1CSCN1C(=O)c1c[nH]c2ccccc12. The van der Waals surface area contributed by atoms with Crippen LogP contribution >= 0.6 is 11.8 Å². The lowest BCUT2D eigenvalue weighted by molar-refractivity contribution is -0.153. The van der Waals surface area contributed by atoms with Crippen LogP contribution in [0.3, 0.4) is 0 Å². The number of carbonyl (C=O) groups excluding carboxylic acids is 2. The average Bonchev–Trinajstić information content (AvgIpc) is 3.33. The molecular formula is C19H22N2O4S. The summed E-state index contributed by atoms with van der Waals surface area (Å²) < 4.78 is 11.1. The minimum atomic E-state index is -0.537. The van der Waals surface area contributed by atoms with Gasteiger partial charge in [0.05, 0.1) is 17.5 Å². The fourth-order valence-corrected chi connectivity index (χ4v) is 4.59. The zero-order valence-corrected chi connectivity index (χ0v) is 15.3. The van der Waals surface area contributed by atoms with E-state index in [1.165, 1.54) is 0 Å². The zero-order valence-electron chi connectivity index (χ0n) is 14.5. The number of amides is 1. The lowest BCUT2D eigenvalue weighted by Gasteiger charge is -2.25. The fraction of sp³-hybridized carbons (Fsp3) is 0.474. The van der Waals surface area contributed by atoms with Crippen molar-refractivity contribution in [1.82, 2.24) is 9.88 Å². The molecule has 6 nitrogen and oxygen atoms in total. The molecule has 1 N–H and O–H groups in total. The maximum atomic E-state index is 13.0. The first-order valence-electron chi connectivity index (χ1n) is 8.97. The first-order valence-corrected chi connectivity index (χ1v) is 10.1. The van der Waals surface area contributed by atoms with Crippen molar-refractivity contribution in [2.24, 2.45) is 0 Å². The van der Waals surface area contributed by atoms with Crippen LogP contribution in [0, 0.1) is 0 Å². The average molecular weight is 374 g/mol. The lowest BCUT2D eigenvalue weighted by atomic mass is 10.1. The number of rotatable bonds is 4. The van der Waals surface area contributed by atoms with Gasteiger partial charge in [-0.15, -0.1) is 11.8 Å². The summed E-state index contributed by atoms with van der Waals surface area (Å²) in [5, 5.41) is 0.872. The maximum absolute atomic E-state index is 13.0. The molecule has 7 heteroatoms. The molecule has 2 aromatic rings. The van der Waals surface area contributed by atoms with Gasteiger partial charge in [-0.05, 0) is 25.3 Å². The number of benzene rings is 1. The number of aromatic amines is 1. The van der Waals surface area contributed by atoms with E-state index in [0.29, 0.717) is 17.2 Å². The van der Waals surface area contributed by atoms with E-state index < -0.39 is 6.04 Å². The van der Waals surface area contributed by atoms with Gasteiger partial charge in [0.15, 0.2) is 0 Å². The highest BCUT2D eigenvalue weighted by Gasteiger charge is 2.37. The number of para-hydroxylation sites is 1. The molecule has 3 heterocycles. The summed E-state index contributed by atoms with van der Waals surface area (Å²) in [5.74, 6) is 0.594. The lowest BCUT2D eigenvalue weighted by Crippen LogP contribution is -2.43. The van der Waals surface area contributed by atoms with Gasteiger partial charge in [-0.3, -0.25) is 4.79 Å². The summed E-state index contributed by atoms with van der Waals surface area (Å²) >= 11 is 1.57. The van der Waals surface area contributed by atoms with Crippen LogP contribution in [0.15, 0.2) is 30.5 Å². The van der Waals surface area contributed by atoms with E-state index in [1.807, 2.05) is 24.3 Å². The van der Waals surface area contributed by atoms with E-state index in [-0.39, 0.29) is 24.6 Å². The van der Waals surface area contributed by atoms with Crippen molar-refractivity contribution >= 4 is 34.5 Å². The normalized spacial score (nSPS) is 23.3. The van der Waals surface area contributed by atoms with Gasteiger partial charge in [0.1, 0.15) is 12.6 Å². The third kappa shape index (κ3) is 3.46. The second-order valence-electron chi connectivity index (χ2n) is 6.66. The van der Waals surface area contributed by atoms with Crippen molar-refractivity contribution in [3.05, 3.63) is 36.0 Å². The van der Waals surface area contributed by atoms with Gasteiger partial charge in [-0.1, -0.05) is 18.2 Å². The Morgan fingerprint density at radius 3 is 3.04 bits per heavy atom. The van der Waals surface area contributed by atoms with Crippen LogP contribution in [0.4, 0.5) is 0 Å². The second-order valence-corrected chi connectivity index (χ2v) is 7.66. The number of carbonyl (C=O) groups is 2. The molecule has 4 rings (SSSR count). The molecule has 0 spiro atoms. The molecule has 2 unspecified atom stereocenters. The van der Waals surface area contributed by atoms with Gasteiger partial charge in [0, 0.05) is 29.5 Å². The molecule has 138 valence electrons. The van der Waals surface area contributed by atoms with Crippen LogP contribution in [0.2, 0.25) is 0 Å². The summed E-state index contributed by atoms with van der Waals surface area (Å²) in [4.78, 5) is 30.3. The Kier molecular flexibility index (Phi) is 5.17. The van der Waals surface area contributed by atoms with Crippen molar-refractivity contribution in [2.75, 3.05) is 24.8 Å². The minimum Gasteiger partial charge on any atom is -0.461 e. The molecule has 2 atom stereocenters. The van der Waals surface area contributed by atoms with E-state index >= 15 is 0 Å². The first-order chi connectivity index (χ1) is 12.7. The quantitative estimate of drug-likeness (QED) is 0.833. The molecule has 0 bridgehead atoms. The number of fused-ring (bicyclic) bond motifs is 1. The number of nitrogens with one attached hydrogen (secondary N) is 1. The molecular weight excluding hydrogens is 352 g/mol. The van der Waals surface area contributed by atoms with Gasteiger partial charge in [0.25, 0.3) is 5.91 Å². The molecule has 0 radical (unpaired) electrons. The van der Waals surface area contributed by atoms with E-state index in [2.05, 4.69) is 4.98 Å². The number of esters is 1. The number of hydrogen-bond donors (Lipinski definition) is 1. The molecule has 2 saturated heterocycles. The highest BCUT2D eigenvalue weighted by Crippen LogP contribution is 2.27. The van der Waals surface area contributed by atoms with Crippen molar-refractivity contribution in [1.29, 1.82) is 0 Å². The number of hydrogen-bond acceptors (Lipinski definition) is 5. The summed E-state index contributed by atoms with van der Waals surface area (Å²) in [6.45, 7) is 1.00. The number of thioether (sulfide) groups is 1. The first kappa shape index (κ1) is 17.4. The number of nitrogens with zero attached hydrogens (tertiary/aromatic N) is 1. The van der Waals surface area contributed by atoms with Gasteiger partial charge in [0.2, 0.25) is 0 Å². The minimum absolute atomic E-state index is 0.0143. The van der Waals surface area contributed by atoms with E-state index in [4.69, 9.17) is 9.47 Å². The predicted molar refractivity (Wildman–Crippen MR) is 100 cm³/mol. The molecule has 2 aliphatic rings. The number of ether oxygens (including phenoxy) is 2. The summed E-state index contributed by atoms with van der Waals surface area (Å²) in [5.41, 5.74) is 1.51. The second kappa shape index (κ2) is 7.72. The topological polar surface area (TPSA) is 71.6 Å². The summed E-state index contributed by atoms with van der Waals surface area (Å²) in [7, 11) is 0. The Balaban J connectivity index is 1.43. The molecule has 2 aliphatic heterocycles. The van der Waals surface area contributed by atoms with Gasteiger partial charge >= 0.3 is 5.97 Å². The third-order valence-electron chi connectivity index (χ3n) is 4.92. The molecule has 1 aromatic carbocycles. The Hall–Kier alpha value is -1.99. The van der Waals surface area contributed by atoms with Crippen LogP contribution in [-0.4, -0.2) is 58.7 Å². The van der Waals surface area contributed by atoms with Crippen molar-refractivity contribution in [3.8, 4) is 0 Å².